The van der Waals surface area contributed by atoms with E-state index in [1.165, 1.54) is 0 Å². The van der Waals surface area contributed by atoms with E-state index in [0.29, 0.717) is 12.2 Å². The summed E-state index contributed by atoms with van der Waals surface area (Å²) in [6.45, 7) is 4.60. The molecule has 0 aliphatic rings. The predicted octanol–water partition coefficient (Wildman–Crippen LogP) is 1.10. The molecule has 12 heavy (non-hydrogen) atoms. The van der Waals surface area contributed by atoms with Gasteiger partial charge in [-0.2, -0.15) is 0 Å². The summed E-state index contributed by atoms with van der Waals surface area (Å²) in [6.07, 6.45) is 3.76. The second-order valence-electron chi connectivity index (χ2n) is 3.21. The zero-order valence-electron chi connectivity index (χ0n) is 8.10. The number of Topliss-reactive ketones (excluding diaryl/α,β-unsaturated/α-hetero) is 1. The normalized spacial score (nSPS) is 12.8. The SMILES string of the molecule is [B]CNCCCC[C@H](C)C(C)=O. The summed E-state index contributed by atoms with van der Waals surface area (Å²) in [7, 11) is 5.25. The molecule has 0 aromatic rings. The summed E-state index contributed by atoms with van der Waals surface area (Å²) >= 11 is 0. The number of carbonyl (C=O) groups excluding carboxylic acids is 1. The van der Waals surface area contributed by atoms with Crippen molar-refractivity contribution in [2.75, 3.05) is 13.0 Å². The van der Waals surface area contributed by atoms with Crippen LogP contribution in [-0.4, -0.2) is 26.6 Å². The van der Waals surface area contributed by atoms with Crippen LogP contribution in [0.5, 0.6) is 0 Å². The third-order valence-electron chi connectivity index (χ3n) is 2.08. The molecule has 0 aromatic carbocycles. The number of hydrogen-bond donors (Lipinski definition) is 1. The van der Waals surface area contributed by atoms with Crippen LogP contribution in [0.3, 0.4) is 0 Å². The lowest BCUT2D eigenvalue weighted by atomic mass is 10.0. The Hall–Kier alpha value is -0.305. The maximum Gasteiger partial charge on any atom is 0.132 e. The summed E-state index contributed by atoms with van der Waals surface area (Å²) in [6, 6.07) is 0. The van der Waals surface area contributed by atoms with E-state index >= 15 is 0 Å². The molecular weight excluding hydrogens is 149 g/mol. The maximum atomic E-state index is 10.8. The number of unbranched alkanes of at least 4 members (excludes halogenated alkanes) is 1. The van der Waals surface area contributed by atoms with Gasteiger partial charge in [0.2, 0.25) is 0 Å². The Morgan fingerprint density at radius 3 is 2.67 bits per heavy atom. The van der Waals surface area contributed by atoms with E-state index in [2.05, 4.69) is 5.32 Å². The van der Waals surface area contributed by atoms with Crippen molar-refractivity contribution in [2.24, 2.45) is 5.92 Å². The first-order valence-corrected chi connectivity index (χ1v) is 4.59. The first-order valence-electron chi connectivity index (χ1n) is 4.59. The minimum Gasteiger partial charge on any atom is -0.325 e. The van der Waals surface area contributed by atoms with Crippen LogP contribution in [-0.2, 0) is 4.79 Å². The van der Waals surface area contributed by atoms with Crippen molar-refractivity contribution in [3.8, 4) is 0 Å². The quantitative estimate of drug-likeness (QED) is 0.454. The summed E-state index contributed by atoms with van der Waals surface area (Å²) in [5.74, 6) is 0.518. The van der Waals surface area contributed by atoms with Gasteiger partial charge in [-0.15, -0.1) is 0 Å². The van der Waals surface area contributed by atoms with Crippen LogP contribution in [0.15, 0.2) is 0 Å². The van der Waals surface area contributed by atoms with Crippen molar-refractivity contribution in [1.29, 1.82) is 0 Å². The molecule has 0 heterocycles. The molecule has 0 saturated heterocycles. The van der Waals surface area contributed by atoms with Gasteiger partial charge in [-0.1, -0.05) is 13.3 Å². The van der Waals surface area contributed by atoms with Gasteiger partial charge in [0.15, 0.2) is 0 Å². The van der Waals surface area contributed by atoms with E-state index in [-0.39, 0.29) is 5.92 Å². The van der Waals surface area contributed by atoms with Crippen LogP contribution in [0, 0.1) is 5.92 Å². The molecule has 1 atom stereocenters. The minimum absolute atomic E-state index is 0.225. The lowest BCUT2D eigenvalue weighted by Gasteiger charge is -2.06. The first kappa shape index (κ1) is 11.7. The fourth-order valence-electron chi connectivity index (χ4n) is 1.01. The maximum absolute atomic E-state index is 10.8. The summed E-state index contributed by atoms with van der Waals surface area (Å²) in [5.41, 5.74) is 0. The van der Waals surface area contributed by atoms with Gasteiger partial charge in [0.05, 0.1) is 7.85 Å². The van der Waals surface area contributed by atoms with E-state index in [9.17, 15) is 4.79 Å². The van der Waals surface area contributed by atoms with Gasteiger partial charge in [-0.05, 0) is 32.8 Å². The third kappa shape index (κ3) is 6.41. The van der Waals surface area contributed by atoms with Gasteiger partial charge in [-0.3, -0.25) is 4.79 Å². The molecule has 68 valence electrons. The van der Waals surface area contributed by atoms with Crippen molar-refractivity contribution < 1.29 is 4.79 Å². The standard InChI is InChI=1S/C9H18BNO/c1-8(9(2)12)5-3-4-6-11-7-10/h8,11H,3-7H2,1-2H3/t8-/m0/s1. The van der Waals surface area contributed by atoms with E-state index in [1.54, 1.807) is 6.92 Å². The summed E-state index contributed by atoms with van der Waals surface area (Å²) in [4.78, 5) is 10.8. The zero-order chi connectivity index (χ0) is 9.40. The van der Waals surface area contributed by atoms with Gasteiger partial charge in [-0.25, -0.2) is 0 Å². The Morgan fingerprint density at radius 1 is 1.50 bits per heavy atom. The van der Waals surface area contributed by atoms with E-state index < -0.39 is 0 Å². The number of rotatable bonds is 7. The molecule has 0 rings (SSSR count). The Morgan fingerprint density at radius 2 is 2.17 bits per heavy atom. The second-order valence-corrected chi connectivity index (χ2v) is 3.21. The highest BCUT2D eigenvalue weighted by molar-refractivity contribution is 6.08. The van der Waals surface area contributed by atoms with Gasteiger partial charge in [0.25, 0.3) is 0 Å². The van der Waals surface area contributed by atoms with Crippen molar-refractivity contribution in [2.45, 2.75) is 33.1 Å². The zero-order valence-corrected chi connectivity index (χ0v) is 8.10. The first-order chi connectivity index (χ1) is 5.68. The molecular formula is C9H18BNO. The second kappa shape index (κ2) is 7.35. The molecule has 1 N–H and O–H groups in total. The molecule has 0 amide bonds. The highest BCUT2D eigenvalue weighted by Crippen LogP contribution is 2.07. The Labute approximate surface area is 76.5 Å². The Balaban J connectivity index is 3.14. The van der Waals surface area contributed by atoms with Gasteiger partial charge >= 0.3 is 0 Å². The molecule has 0 aliphatic heterocycles. The topological polar surface area (TPSA) is 29.1 Å². The third-order valence-corrected chi connectivity index (χ3v) is 2.08. The van der Waals surface area contributed by atoms with Crippen LogP contribution >= 0.6 is 0 Å². The fourth-order valence-corrected chi connectivity index (χ4v) is 1.01. The number of ketones is 1. The molecule has 0 bridgehead atoms. The van der Waals surface area contributed by atoms with Crippen molar-refractivity contribution in [3.05, 3.63) is 0 Å². The van der Waals surface area contributed by atoms with E-state index in [4.69, 9.17) is 7.85 Å². The van der Waals surface area contributed by atoms with Gasteiger partial charge < -0.3 is 5.32 Å². The van der Waals surface area contributed by atoms with Crippen molar-refractivity contribution in [1.82, 2.24) is 5.32 Å². The molecule has 0 aliphatic carbocycles. The average molecular weight is 167 g/mol. The minimum atomic E-state index is 0.225. The fraction of sp³-hybridized carbons (Fsp3) is 0.889. The number of hydrogen-bond acceptors (Lipinski definition) is 2. The molecule has 2 radical (unpaired) electrons. The molecule has 0 saturated carbocycles. The van der Waals surface area contributed by atoms with Crippen LogP contribution in [0.4, 0.5) is 0 Å². The highest BCUT2D eigenvalue weighted by Gasteiger charge is 2.05. The van der Waals surface area contributed by atoms with E-state index in [1.807, 2.05) is 6.92 Å². The largest absolute Gasteiger partial charge is 0.325 e. The summed E-state index contributed by atoms with van der Waals surface area (Å²) in [5, 5.41) is 3.04. The smallest absolute Gasteiger partial charge is 0.132 e. The Kier molecular flexibility index (Phi) is 7.16. The molecule has 2 nitrogen and oxygen atoms in total. The lowest BCUT2D eigenvalue weighted by molar-refractivity contribution is -0.120. The molecule has 0 aromatic heterocycles. The number of carbonyl (C=O) groups is 1. The molecule has 3 heteroatoms. The lowest BCUT2D eigenvalue weighted by Crippen LogP contribution is -2.16. The van der Waals surface area contributed by atoms with Gasteiger partial charge in [0, 0.05) is 5.92 Å². The highest BCUT2D eigenvalue weighted by atomic mass is 16.1. The monoisotopic (exact) mass is 167 g/mol. The van der Waals surface area contributed by atoms with Crippen molar-refractivity contribution in [3.63, 3.8) is 0 Å². The average Bonchev–Trinajstić information content (AvgIpc) is 2.03. The Bertz CT molecular complexity index is 128. The number of nitrogens with one attached hydrogen (secondary N) is 1. The molecule has 0 spiro atoms. The molecule has 0 fully saturated rings. The van der Waals surface area contributed by atoms with Crippen LogP contribution < -0.4 is 5.32 Å². The summed E-state index contributed by atoms with van der Waals surface area (Å²) < 4.78 is 0. The van der Waals surface area contributed by atoms with Crippen LogP contribution in [0.1, 0.15) is 33.1 Å². The predicted molar refractivity (Wildman–Crippen MR) is 52.3 cm³/mol. The van der Waals surface area contributed by atoms with E-state index in [0.717, 1.165) is 25.8 Å². The van der Waals surface area contributed by atoms with Crippen LogP contribution in [0.2, 0.25) is 0 Å². The van der Waals surface area contributed by atoms with Crippen LogP contribution in [0.25, 0.3) is 0 Å². The van der Waals surface area contributed by atoms with Gasteiger partial charge in [0.1, 0.15) is 5.78 Å². The van der Waals surface area contributed by atoms with Crippen molar-refractivity contribution >= 4 is 13.6 Å². The molecule has 0 unspecified atom stereocenters.